The largest absolute Gasteiger partial charge is 0.424 e. The van der Waals surface area contributed by atoms with E-state index in [9.17, 15) is 24.0 Å². The number of para-hydroxylation sites is 1. The molecule has 0 aliphatic carbocycles. The molecule has 14 heteroatoms. The summed E-state index contributed by atoms with van der Waals surface area (Å²) >= 11 is 0. The highest BCUT2D eigenvalue weighted by Crippen LogP contribution is 2.28. The quantitative estimate of drug-likeness (QED) is 0.203. The summed E-state index contributed by atoms with van der Waals surface area (Å²) in [6, 6.07) is 24.3. The number of benzene rings is 3. The van der Waals surface area contributed by atoms with E-state index in [0.717, 1.165) is 42.9 Å². The summed E-state index contributed by atoms with van der Waals surface area (Å²) in [5, 5.41) is 8.43. The molecule has 3 saturated heterocycles. The van der Waals surface area contributed by atoms with Crippen molar-refractivity contribution in [2.45, 2.75) is 31.6 Å². The van der Waals surface area contributed by atoms with Crippen LogP contribution in [-0.4, -0.2) is 95.1 Å². The number of aromatic nitrogens is 2. The van der Waals surface area contributed by atoms with Gasteiger partial charge in [-0.05, 0) is 73.4 Å². The summed E-state index contributed by atoms with van der Waals surface area (Å²) in [6.07, 6.45) is 5.15. The number of nitrogens with one attached hydrogen (secondary N) is 3. The Hall–Kier alpha value is -6.31. The molecule has 7 rings (SSSR count). The Morgan fingerprint density at radius 2 is 1.41 bits per heavy atom. The van der Waals surface area contributed by atoms with Crippen LogP contribution < -0.4 is 25.6 Å². The van der Waals surface area contributed by atoms with Crippen LogP contribution in [0.3, 0.4) is 0 Å². The third-order valence-corrected chi connectivity index (χ3v) is 10.1. The second-order valence-corrected chi connectivity index (χ2v) is 13.6. The number of amides is 5. The number of nitrogens with zero attached hydrogens (tertiary/aromatic N) is 5. The molecule has 3 aromatic carbocycles. The lowest BCUT2D eigenvalue weighted by Gasteiger charge is -2.39. The molecular formula is C40H42N8O6. The zero-order chi connectivity index (χ0) is 37.4. The Morgan fingerprint density at radius 3 is 2.07 bits per heavy atom. The second-order valence-electron chi connectivity index (χ2n) is 13.6. The first kappa shape index (κ1) is 36.1. The summed E-state index contributed by atoms with van der Waals surface area (Å²) in [7, 11) is 0. The maximum Gasteiger partial charge on any atom is 0.321 e. The Bertz CT molecular complexity index is 1960. The van der Waals surface area contributed by atoms with Crippen molar-refractivity contribution >= 4 is 46.6 Å². The number of hydrogen-bond donors (Lipinski definition) is 3. The molecule has 3 aliphatic rings. The van der Waals surface area contributed by atoms with Crippen LogP contribution in [0.2, 0.25) is 0 Å². The van der Waals surface area contributed by atoms with E-state index >= 15 is 0 Å². The Kier molecular flexibility index (Phi) is 11.1. The number of carbonyl (C=O) groups excluding carboxylic acids is 5. The molecule has 5 amide bonds. The van der Waals surface area contributed by atoms with E-state index in [2.05, 4.69) is 30.8 Å². The summed E-state index contributed by atoms with van der Waals surface area (Å²) in [5.74, 6) is -0.524. The fourth-order valence-electron chi connectivity index (χ4n) is 6.99. The lowest BCUT2D eigenvalue weighted by Crippen LogP contribution is -2.53. The van der Waals surface area contributed by atoms with Gasteiger partial charge in [-0.15, -0.1) is 0 Å². The van der Waals surface area contributed by atoms with Crippen molar-refractivity contribution < 1.29 is 28.7 Å². The third-order valence-electron chi connectivity index (χ3n) is 10.1. The van der Waals surface area contributed by atoms with Crippen LogP contribution in [0.5, 0.6) is 11.8 Å². The topological polar surface area (TPSA) is 166 Å². The van der Waals surface area contributed by atoms with Crippen LogP contribution in [0.25, 0.3) is 0 Å². The molecule has 0 bridgehead atoms. The van der Waals surface area contributed by atoms with Crippen molar-refractivity contribution in [1.29, 1.82) is 0 Å². The van der Waals surface area contributed by atoms with Crippen molar-refractivity contribution in [1.82, 2.24) is 25.1 Å². The first-order valence-electron chi connectivity index (χ1n) is 18.2. The molecule has 54 heavy (non-hydrogen) atoms. The Balaban J connectivity index is 0.809. The van der Waals surface area contributed by atoms with Gasteiger partial charge in [0.1, 0.15) is 5.75 Å². The highest BCUT2D eigenvalue weighted by molar-refractivity contribution is 6.04. The number of piperazine rings is 1. The highest BCUT2D eigenvalue weighted by Gasteiger charge is 2.32. The second kappa shape index (κ2) is 16.6. The summed E-state index contributed by atoms with van der Waals surface area (Å²) in [6.45, 7) is 3.62. The molecule has 1 unspecified atom stereocenters. The molecule has 4 aromatic rings. The zero-order valence-corrected chi connectivity index (χ0v) is 29.8. The molecule has 3 N–H and O–H groups in total. The molecule has 0 spiro atoms. The van der Waals surface area contributed by atoms with Crippen LogP contribution in [0.1, 0.15) is 47.5 Å². The lowest BCUT2D eigenvalue weighted by atomic mass is 9.90. The average Bonchev–Trinajstić information content (AvgIpc) is 3.21. The molecule has 4 heterocycles. The first-order chi connectivity index (χ1) is 26.3. The van der Waals surface area contributed by atoms with Gasteiger partial charge >= 0.3 is 6.01 Å². The third kappa shape index (κ3) is 8.82. The van der Waals surface area contributed by atoms with E-state index in [1.165, 1.54) is 12.4 Å². The van der Waals surface area contributed by atoms with Gasteiger partial charge < -0.3 is 30.1 Å². The number of carbonyl (C=O) groups is 5. The molecule has 1 aromatic heterocycles. The number of hydrogen-bond acceptors (Lipinski definition) is 10. The van der Waals surface area contributed by atoms with Gasteiger partial charge in [0.15, 0.2) is 0 Å². The number of piperidine rings is 2. The van der Waals surface area contributed by atoms with E-state index in [1.54, 1.807) is 17.0 Å². The molecule has 0 radical (unpaired) electrons. The van der Waals surface area contributed by atoms with Crippen molar-refractivity contribution in [2.24, 2.45) is 5.92 Å². The molecule has 1 atom stereocenters. The normalized spacial score (nSPS) is 17.8. The summed E-state index contributed by atoms with van der Waals surface area (Å²) < 4.78 is 5.59. The van der Waals surface area contributed by atoms with Crippen LogP contribution in [-0.2, 0) is 19.2 Å². The van der Waals surface area contributed by atoms with Gasteiger partial charge in [0.25, 0.3) is 5.91 Å². The fraction of sp³-hybridized carbons (Fsp3) is 0.325. The van der Waals surface area contributed by atoms with E-state index in [1.807, 2.05) is 71.6 Å². The van der Waals surface area contributed by atoms with Crippen LogP contribution >= 0.6 is 0 Å². The van der Waals surface area contributed by atoms with Crippen LogP contribution in [0, 0.1) is 5.92 Å². The van der Waals surface area contributed by atoms with Gasteiger partial charge in [-0.1, -0.05) is 30.3 Å². The number of anilines is 3. The molecular weight excluding hydrogens is 688 g/mol. The van der Waals surface area contributed by atoms with E-state index in [0.29, 0.717) is 56.0 Å². The average molecular weight is 731 g/mol. The number of imide groups is 1. The van der Waals surface area contributed by atoms with Crippen molar-refractivity contribution in [3.05, 3.63) is 102 Å². The lowest BCUT2D eigenvalue weighted by molar-refractivity contribution is -0.142. The molecule has 0 saturated carbocycles. The molecule has 278 valence electrons. The predicted octanol–water partition coefficient (Wildman–Crippen LogP) is 4.04. The predicted molar refractivity (Wildman–Crippen MR) is 201 cm³/mol. The first-order valence-corrected chi connectivity index (χ1v) is 18.2. The molecule has 3 aliphatic heterocycles. The van der Waals surface area contributed by atoms with Gasteiger partial charge in [-0.2, -0.15) is 0 Å². The number of ether oxygens (including phenoxy) is 1. The van der Waals surface area contributed by atoms with Crippen molar-refractivity contribution in [2.75, 3.05) is 61.3 Å². The summed E-state index contributed by atoms with van der Waals surface area (Å²) in [4.78, 5) is 77.0. The minimum absolute atomic E-state index is 0.0347. The fourth-order valence-corrected chi connectivity index (χ4v) is 6.99. The van der Waals surface area contributed by atoms with E-state index in [4.69, 9.17) is 4.74 Å². The smallest absolute Gasteiger partial charge is 0.321 e. The molecule has 3 fully saturated rings. The van der Waals surface area contributed by atoms with Crippen molar-refractivity contribution in [3.63, 3.8) is 0 Å². The van der Waals surface area contributed by atoms with Gasteiger partial charge in [0.2, 0.25) is 23.6 Å². The van der Waals surface area contributed by atoms with Crippen LogP contribution in [0.4, 0.5) is 17.1 Å². The van der Waals surface area contributed by atoms with Gasteiger partial charge in [0.05, 0.1) is 18.0 Å². The standard InChI is InChI=1S/C40H42N8O6/c49-35-15-14-34(38(52)45-35)27-6-8-30(9-7-27)41-26-36(50)47-20-22-48(23-21-47)39(53)28-16-18-46(19-17-28)32-12-10-31(11-13-32)44-37(51)29-24-42-40(43-25-29)54-33-4-2-1-3-5-33/h1-13,24-25,28,34,41H,14-23,26H2,(H,44,51)(H,45,49,52). The maximum absolute atomic E-state index is 13.4. The SMILES string of the molecule is O=C1CCC(c2ccc(NCC(=O)N3CCN(C(=O)C4CCN(c5ccc(NC(=O)c6cnc(Oc7ccccc7)nc6)cc5)CC4)CC3)cc2)C(=O)N1. The Morgan fingerprint density at radius 1 is 0.759 bits per heavy atom. The minimum Gasteiger partial charge on any atom is -0.424 e. The minimum atomic E-state index is -0.347. The van der Waals surface area contributed by atoms with E-state index in [-0.39, 0.29) is 53.9 Å². The van der Waals surface area contributed by atoms with Gasteiger partial charge in [-0.25, -0.2) is 9.97 Å². The monoisotopic (exact) mass is 730 g/mol. The van der Waals surface area contributed by atoms with Crippen molar-refractivity contribution in [3.8, 4) is 11.8 Å². The summed E-state index contributed by atoms with van der Waals surface area (Å²) in [5.41, 5.74) is 3.59. The Labute approximate surface area is 312 Å². The van der Waals surface area contributed by atoms with Gasteiger partial charge in [-0.3, -0.25) is 29.3 Å². The highest BCUT2D eigenvalue weighted by atomic mass is 16.5. The zero-order valence-electron chi connectivity index (χ0n) is 29.8. The van der Waals surface area contributed by atoms with Crippen LogP contribution in [0.15, 0.2) is 91.3 Å². The number of rotatable bonds is 10. The molecule has 14 nitrogen and oxygen atoms in total. The maximum atomic E-state index is 13.4. The van der Waals surface area contributed by atoms with E-state index < -0.39 is 0 Å². The van der Waals surface area contributed by atoms with Gasteiger partial charge in [0, 0.05) is 81.1 Å².